The highest BCUT2D eigenvalue weighted by Gasteiger charge is 2.10. The Labute approximate surface area is 82.4 Å². The first-order chi connectivity index (χ1) is 6.11. The predicted molar refractivity (Wildman–Crippen MR) is 60.9 cm³/mol. The third kappa shape index (κ3) is 5.42. The maximum absolute atomic E-state index is 3.90. The van der Waals surface area contributed by atoms with E-state index >= 15 is 0 Å². The molecule has 0 aliphatic heterocycles. The van der Waals surface area contributed by atoms with Gasteiger partial charge in [-0.2, -0.15) is 0 Å². The average Bonchev–Trinajstić information content (AvgIpc) is 2.02. The van der Waals surface area contributed by atoms with Crippen molar-refractivity contribution in [2.45, 2.75) is 25.8 Å². The summed E-state index contributed by atoms with van der Waals surface area (Å²) in [4.78, 5) is 2.30. The van der Waals surface area contributed by atoms with Crippen molar-refractivity contribution in [3.63, 3.8) is 0 Å². The zero-order valence-electron chi connectivity index (χ0n) is 8.92. The quantitative estimate of drug-likeness (QED) is 0.543. The second-order valence-electron chi connectivity index (χ2n) is 3.57. The van der Waals surface area contributed by atoms with Gasteiger partial charge in [0.25, 0.3) is 0 Å². The molecule has 0 amide bonds. The molecule has 74 valence electrons. The summed E-state index contributed by atoms with van der Waals surface area (Å²) in [5, 5.41) is 0. The zero-order chi connectivity index (χ0) is 10.3. The number of likely N-dealkylation sites (N-methyl/N-ethyl adjacent to an activating group) is 1. The van der Waals surface area contributed by atoms with Gasteiger partial charge in [-0.3, -0.25) is 4.90 Å². The Morgan fingerprint density at radius 3 is 2.08 bits per heavy atom. The van der Waals surface area contributed by atoms with Gasteiger partial charge in [0.15, 0.2) is 0 Å². The molecule has 0 atom stereocenters. The summed E-state index contributed by atoms with van der Waals surface area (Å²) in [5.41, 5.74) is 1.20. The van der Waals surface area contributed by atoms with Crippen molar-refractivity contribution < 1.29 is 0 Å². The third-order valence-electron chi connectivity index (χ3n) is 2.02. The van der Waals surface area contributed by atoms with E-state index in [1.807, 2.05) is 12.2 Å². The molecule has 0 aromatic heterocycles. The van der Waals surface area contributed by atoms with Gasteiger partial charge in [-0.15, -0.1) is 13.2 Å². The maximum atomic E-state index is 3.90. The predicted octanol–water partition coefficient (Wildman–Crippen LogP) is 3.02. The van der Waals surface area contributed by atoms with E-state index < -0.39 is 0 Å². The zero-order valence-corrected chi connectivity index (χ0v) is 8.92. The summed E-state index contributed by atoms with van der Waals surface area (Å²) in [6, 6.07) is 0.520. The van der Waals surface area contributed by atoms with Crippen molar-refractivity contribution >= 4 is 0 Å². The molecule has 0 saturated carbocycles. The number of rotatable bonds is 7. The molecule has 0 rings (SSSR count). The molecule has 0 bridgehead atoms. The lowest BCUT2D eigenvalue weighted by Gasteiger charge is -2.26. The highest BCUT2D eigenvalue weighted by molar-refractivity contribution is 4.94. The first-order valence-corrected chi connectivity index (χ1v) is 4.68. The SMILES string of the molecule is C=CCC(CC=C)N(C)CC(=C)C. The molecule has 13 heavy (non-hydrogen) atoms. The molecule has 1 heteroatoms. The molecular weight excluding hydrogens is 158 g/mol. The van der Waals surface area contributed by atoms with Gasteiger partial charge in [0, 0.05) is 12.6 Å². The van der Waals surface area contributed by atoms with Crippen molar-refractivity contribution in [1.82, 2.24) is 4.90 Å². The fourth-order valence-electron chi connectivity index (χ4n) is 1.40. The standard InChI is InChI=1S/C12H21N/c1-6-8-12(9-7-2)13(5)10-11(3)4/h6-7,12H,1-3,8-10H2,4-5H3. The lowest BCUT2D eigenvalue weighted by molar-refractivity contribution is 0.264. The lowest BCUT2D eigenvalue weighted by Crippen LogP contribution is -2.32. The normalized spacial score (nSPS) is 10.5. The largest absolute Gasteiger partial charge is 0.299 e. The van der Waals surface area contributed by atoms with Gasteiger partial charge < -0.3 is 0 Å². The Hall–Kier alpha value is -0.820. The van der Waals surface area contributed by atoms with E-state index in [-0.39, 0.29) is 0 Å². The van der Waals surface area contributed by atoms with Crippen molar-refractivity contribution in [2.24, 2.45) is 0 Å². The fourth-order valence-corrected chi connectivity index (χ4v) is 1.40. The first-order valence-electron chi connectivity index (χ1n) is 4.68. The summed E-state index contributed by atoms with van der Waals surface area (Å²) in [7, 11) is 2.12. The Kier molecular flexibility index (Phi) is 6.25. The molecule has 0 heterocycles. The average molecular weight is 179 g/mol. The molecule has 0 aliphatic rings. The van der Waals surface area contributed by atoms with Crippen molar-refractivity contribution in [2.75, 3.05) is 13.6 Å². The van der Waals surface area contributed by atoms with Crippen LogP contribution in [0.5, 0.6) is 0 Å². The van der Waals surface area contributed by atoms with Crippen molar-refractivity contribution in [1.29, 1.82) is 0 Å². The van der Waals surface area contributed by atoms with Gasteiger partial charge in [-0.1, -0.05) is 24.3 Å². The van der Waals surface area contributed by atoms with Crippen LogP contribution in [0.3, 0.4) is 0 Å². The van der Waals surface area contributed by atoms with Crippen LogP contribution in [0.25, 0.3) is 0 Å². The Morgan fingerprint density at radius 2 is 1.77 bits per heavy atom. The molecule has 0 unspecified atom stereocenters. The number of hydrogen-bond donors (Lipinski definition) is 0. The highest BCUT2D eigenvalue weighted by Crippen LogP contribution is 2.09. The Morgan fingerprint density at radius 1 is 1.31 bits per heavy atom. The Balaban J connectivity index is 4.08. The second-order valence-corrected chi connectivity index (χ2v) is 3.57. The van der Waals surface area contributed by atoms with Gasteiger partial charge in [-0.05, 0) is 26.8 Å². The molecular formula is C12H21N. The molecule has 1 nitrogen and oxygen atoms in total. The minimum absolute atomic E-state index is 0.520. The number of nitrogens with zero attached hydrogens (tertiary/aromatic N) is 1. The van der Waals surface area contributed by atoms with Gasteiger partial charge >= 0.3 is 0 Å². The van der Waals surface area contributed by atoms with Gasteiger partial charge in [0.2, 0.25) is 0 Å². The molecule has 0 aromatic rings. The van der Waals surface area contributed by atoms with E-state index in [0.29, 0.717) is 6.04 Å². The van der Waals surface area contributed by atoms with E-state index in [4.69, 9.17) is 0 Å². The molecule has 0 aromatic carbocycles. The van der Waals surface area contributed by atoms with E-state index in [9.17, 15) is 0 Å². The molecule has 0 fully saturated rings. The summed E-state index contributed by atoms with van der Waals surface area (Å²) >= 11 is 0. The van der Waals surface area contributed by atoms with Gasteiger partial charge in [0.1, 0.15) is 0 Å². The maximum Gasteiger partial charge on any atom is 0.0187 e. The Bertz CT molecular complexity index is 172. The van der Waals surface area contributed by atoms with Gasteiger partial charge in [-0.25, -0.2) is 0 Å². The summed E-state index contributed by atoms with van der Waals surface area (Å²) in [6.45, 7) is 14.4. The third-order valence-corrected chi connectivity index (χ3v) is 2.02. The lowest BCUT2D eigenvalue weighted by atomic mass is 10.1. The monoisotopic (exact) mass is 179 g/mol. The molecule has 0 aliphatic carbocycles. The number of hydrogen-bond acceptors (Lipinski definition) is 1. The minimum Gasteiger partial charge on any atom is -0.299 e. The van der Waals surface area contributed by atoms with Crippen LogP contribution in [0.4, 0.5) is 0 Å². The van der Waals surface area contributed by atoms with Crippen LogP contribution < -0.4 is 0 Å². The van der Waals surface area contributed by atoms with E-state index in [1.54, 1.807) is 0 Å². The van der Waals surface area contributed by atoms with Crippen LogP contribution in [0.15, 0.2) is 37.5 Å². The first kappa shape index (κ1) is 12.2. The summed E-state index contributed by atoms with van der Waals surface area (Å²) < 4.78 is 0. The second kappa shape index (κ2) is 6.67. The summed E-state index contributed by atoms with van der Waals surface area (Å²) in [6.07, 6.45) is 5.94. The summed E-state index contributed by atoms with van der Waals surface area (Å²) in [5.74, 6) is 0. The van der Waals surface area contributed by atoms with Crippen molar-refractivity contribution in [3.8, 4) is 0 Å². The topological polar surface area (TPSA) is 3.24 Å². The van der Waals surface area contributed by atoms with Gasteiger partial charge in [0.05, 0.1) is 0 Å². The van der Waals surface area contributed by atoms with E-state index in [0.717, 1.165) is 19.4 Å². The van der Waals surface area contributed by atoms with Crippen LogP contribution in [0.1, 0.15) is 19.8 Å². The van der Waals surface area contributed by atoms with Crippen molar-refractivity contribution in [3.05, 3.63) is 37.5 Å². The smallest absolute Gasteiger partial charge is 0.0187 e. The van der Waals surface area contributed by atoms with E-state index in [2.05, 4.69) is 38.6 Å². The molecule has 0 radical (unpaired) electrons. The molecule has 0 N–H and O–H groups in total. The van der Waals surface area contributed by atoms with Crippen LogP contribution in [0.2, 0.25) is 0 Å². The van der Waals surface area contributed by atoms with Crippen LogP contribution in [-0.2, 0) is 0 Å². The van der Waals surface area contributed by atoms with Crippen LogP contribution in [-0.4, -0.2) is 24.5 Å². The van der Waals surface area contributed by atoms with E-state index in [1.165, 1.54) is 5.57 Å². The molecule has 0 spiro atoms. The fraction of sp³-hybridized carbons (Fsp3) is 0.500. The minimum atomic E-state index is 0.520. The highest BCUT2D eigenvalue weighted by atomic mass is 15.1. The van der Waals surface area contributed by atoms with Crippen LogP contribution in [0, 0.1) is 0 Å². The molecule has 0 saturated heterocycles. The van der Waals surface area contributed by atoms with Crippen LogP contribution >= 0.6 is 0 Å².